The third-order valence-electron chi connectivity index (χ3n) is 6.52. The normalized spacial score (nSPS) is 13.9. The Hall–Kier alpha value is -2.86. The van der Waals surface area contributed by atoms with Crippen LogP contribution in [0.5, 0.6) is 0 Å². The first-order valence-electron chi connectivity index (χ1n) is 11.2. The maximum Gasteiger partial charge on any atom is 0.325 e. The van der Waals surface area contributed by atoms with Gasteiger partial charge in [-0.3, -0.25) is 4.79 Å². The van der Waals surface area contributed by atoms with Crippen LogP contribution in [0.2, 0.25) is 10.0 Å². The summed E-state index contributed by atoms with van der Waals surface area (Å²) in [6.07, 6.45) is 2.20. The number of ether oxygens (including phenoxy) is 1. The van der Waals surface area contributed by atoms with E-state index in [9.17, 15) is 9.90 Å². The van der Waals surface area contributed by atoms with Crippen LogP contribution in [0, 0.1) is 0 Å². The van der Waals surface area contributed by atoms with E-state index in [2.05, 4.69) is 4.57 Å². The average Bonchev–Trinajstić information content (AvgIpc) is 3.64. The summed E-state index contributed by atoms with van der Waals surface area (Å²) in [5, 5.41) is 10.9. The van der Waals surface area contributed by atoms with E-state index in [1.165, 1.54) is 7.11 Å². The molecule has 1 saturated carbocycles. The number of benzene rings is 3. The summed E-state index contributed by atoms with van der Waals surface area (Å²) in [6, 6.07) is 20.3. The second kappa shape index (κ2) is 9.06. The number of rotatable bonds is 7. The SMILES string of the molecule is COC(=O)C(c1ccc(Cl)cc1)(c1ccc(Cl)cc1)c1ccc2nc(C3CC3)n(CCO)c2c1. The summed E-state index contributed by atoms with van der Waals surface area (Å²) in [6.45, 7) is 0.449. The predicted octanol–water partition coefficient (Wildman–Crippen LogP) is 5.72. The van der Waals surface area contributed by atoms with E-state index < -0.39 is 11.4 Å². The van der Waals surface area contributed by atoms with Crippen LogP contribution in [0.25, 0.3) is 11.0 Å². The van der Waals surface area contributed by atoms with Gasteiger partial charge in [-0.15, -0.1) is 0 Å². The highest BCUT2D eigenvalue weighted by molar-refractivity contribution is 6.30. The Labute approximate surface area is 207 Å². The average molecular weight is 495 g/mol. The smallest absolute Gasteiger partial charge is 0.325 e. The minimum absolute atomic E-state index is 0.00587. The lowest BCUT2D eigenvalue weighted by atomic mass is 9.69. The van der Waals surface area contributed by atoms with E-state index >= 15 is 0 Å². The Bertz CT molecular complexity index is 1300. The molecular weight excluding hydrogens is 471 g/mol. The lowest BCUT2D eigenvalue weighted by molar-refractivity contribution is -0.144. The fourth-order valence-electron chi connectivity index (χ4n) is 4.77. The standard InChI is InChI=1S/C27H24Cl2N2O3/c1-34-26(33)27(18-4-9-21(28)10-5-18,19-6-11-22(29)12-7-19)20-8-13-23-24(16-20)31(14-15-32)25(30-23)17-2-3-17/h4-13,16-17,32H,2-3,14-15H2,1H3. The van der Waals surface area contributed by atoms with Crippen LogP contribution < -0.4 is 0 Å². The minimum atomic E-state index is -1.26. The fraction of sp³-hybridized carbons (Fsp3) is 0.259. The predicted molar refractivity (Wildman–Crippen MR) is 134 cm³/mol. The molecule has 0 aliphatic heterocycles. The first kappa shape index (κ1) is 22.9. The monoisotopic (exact) mass is 494 g/mol. The molecule has 0 amide bonds. The van der Waals surface area contributed by atoms with Gasteiger partial charge in [0.2, 0.25) is 0 Å². The van der Waals surface area contributed by atoms with E-state index in [0.717, 1.165) is 46.4 Å². The van der Waals surface area contributed by atoms with Crippen molar-refractivity contribution in [2.45, 2.75) is 30.7 Å². The van der Waals surface area contributed by atoms with Crippen molar-refractivity contribution < 1.29 is 14.6 Å². The van der Waals surface area contributed by atoms with Gasteiger partial charge < -0.3 is 14.4 Å². The van der Waals surface area contributed by atoms with E-state index in [4.69, 9.17) is 32.9 Å². The number of aromatic nitrogens is 2. The Morgan fingerprint density at radius 3 is 2.06 bits per heavy atom. The molecule has 0 bridgehead atoms. The van der Waals surface area contributed by atoms with Crippen molar-refractivity contribution in [3.63, 3.8) is 0 Å². The van der Waals surface area contributed by atoms with Gasteiger partial charge in [0.05, 0.1) is 24.8 Å². The molecule has 1 N–H and O–H groups in total. The lowest BCUT2D eigenvalue weighted by Gasteiger charge is -2.33. The van der Waals surface area contributed by atoms with Crippen molar-refractivity contribution in [2.75, 3.05) is 13.7 Å². The number of hydrogen-bond donors (Lipinski definition) is 1. The molecule has 1 aromatic heterocycles. The summed E-state index contributed by atoms with van der Waals surface area (Å²) in [7, 11) is 1.39. The highest BCUT2D eigenvalue weighted by Gasteiger charge is 2.45. The van der Waals surface area contributed by atoms with E-state index in [-0.39, 0.29) is 6.61 Å². The van der Waals surface area contributed by atoms with Gasteiger partial charge in [-0.1, -0.05) is 53.5 Å². The van der Waals surface area contributed by atoms with Crippen LogP contribution in [0.4, 0.5) is 0 Å². The summed E-state index contributed by atoms with van der Waals surface area (Å²) in [5.41, 5.74) is 2.64. The fourth-order valence-corrected chi connectivity index (χ4v) is 5.02. The van der Waals surface area contributed by atoms with Gasteiger partial charge in [0.15, 0.2) is 0 Å². The molecule has 5 nitrogen and oxygen atoms in total. The van der Waals surface area contributed by atoms with Crippen LogP contribution in [-0.4, -0.2) is 34.3 Å². The summed E-state index contributed by atoms with van der Waals surface area (Å²) >= 11 is 12.4. The van der Waals surface area contributed by atoms with E-state index in [1.54, 1.807) is 24.3 Å². The van der Waals surface area contributed by atoms with Crippen LogP contribution in [0.15, 0.2) is 66.7 Å². The first-order valence-corrected chi connectivity index (χ1v) is 12.0. The zero-order chi connectivity index (χ0) is 23.9. The molecule has 1 fully saturated rings. The third-order valence-corrected chi connectivity index (χ3v) is 7.03. The summed E-state index contributed by atoms with van der Waals surface area (Å²) in [5.74, 6) is 0.982. The maximum atomic E-state index is 13.7. The van der Waals surface area contributed by atoms with Crippen LogP contribution >= 0.6 is 23.2 Å². The molecule has 1 aliphatic carbocycles. The van der Waals surface area contributed by atoms with Gasteiger partial charge in [-0.2, -0.15) is 0 Å². The molecule has 0 unspecified atom stereocenters. The Kier molecular flexibility index (Phi) is 6.11. The molecule has 5 rings (SSSR count). The molecular formula is C27H24Cl2N2O3. The number of carbonyl (C=O) groups excluding carboxylic acids is 1. The molecule has 0 saturated heterocycles. The largest absolute Gasteiger partial charge is 0.468 e. The maximum absolute atomic E-state index is 13.7. The number of hydrogen-bond acceptors (Lipinski definition) is 4. The van der Waals surface area contributed by atoms with Crippen molar-refractivity contribution in [1.82, 2.24) is 9.55 Å². The van der Waals surface area contributed by atoms with E-state index in [0.29, 0.717) is 22.5 Å². The van der Waals surface area contributed by atoms with Gasteiger partial charge in [0.1, 0.15) is 11.2 Å². The van der Waals surface area contributed by atoms with Gasteiger partial charge in [0, 0.05) is 22.5 Å². The number of carbonyl (C=O) groups is 1. The van der Waals surface area contributed by atoms with E-state index in [1.807, 2.05) is 42.5 Å². The molecule has 174 valence electrons. The molecule has 0 atom stereocenters. The molecule has 0 radical (unpaired) electrons. The number of halogens is 2. The molecule has 1 heterocycles. The molecule has 34 heavy (non-hydrogen) atoms. The third kappa shape index (κ3) is 3.78. The number of imidazole rings is 1. The van der Waals surface area contributed by atoms with Crippen molar-refractivity contribution in [3.8, 4) is 0 Å². The van der Waals surface area contributed by atoms with Gasteiger partial charge in [0.25, 0.3) is 0 Å². The molecule has 1 aliphatic rings. The topological polar surface area (TPSA) is 64.3 Å². The Morgan fingerprint density at radius 2 is 1.56 bits per heavy atom. The zero-order valence-electron chi connectivity index (χ0n) is 18.7. The minimum Gasteiger partial charge on any atom is -0.468 e. The van der Waals surface area contributed by atoms with Gasteiger partial charge in [-0.05, 0) is 65.9 Å². The summed E-state index contributed by atoms with van der Waals surface area (Å²) < 4.78 is 7.49. The Morgan fingerprint density at radius 1 is 1.00 bits per heavy atom. The van der Waals surface area contributed by atoms with Crippen molar-refractivity contribution >= 4 is 40.2 Å². The second-order valence-electron chi connectivity index (χ2n) is 8.58. The number of aliphatic hydroxyl groups excluding tert-OH is 1. The van der Waals surface area contributed by atoms with Crippen molar-refractivity contribution in [2.24, 2.45) is 0 Å². The number of nitrogens with zero attached hydrogens (tertiary/aromatic N) is 2. The second-order valence-corrected chi connectivity index (χ2v) is 9.45. The highest BCUT2D eigenvalue weighted by atomic mass is 35.5. The van der Waals surface area contributed by atoms with Gasteiger partial charge in [-0.25, -0.2) is 4.98 Å². The number of fused-ring (bicyclic) bond motifs is 1. The highest BCUT2D eigenvalue weighted by Crippen LogP contribution is 2.44. The van der Waals surface area contributed by atoms with Crippen LogP contribution in [-0.2, 0) is 21.5 Å². The van der Waals surface area contributed by atoms with Crippen LogP contribution in [0.1, 0.15) is 41.3 Å². The zero-order valence-corrected chi connectivity index (χ0v) is 20.2. The molecule has 4 aromatic rings. The first-order chi connectivity index (χ1) is 16.5. The van der Waals surface area contributed by atoms with Crippen molar-refractivity contribution in [1.29, 1.82) is 0 Å². The number of methoxy groups -OCH3 is 1. The van der Waals surface area contributed by atoms with Crippen molar-refractivity contribution in [3.05, 3.63) is 99.3 Å². The molecule has 3 aromatic carbocycles. The molecule has 7 heteroatoms. The lowest BCUT2D eigenvalue weighted by Crippen LogP contribution is -2.39. The Balaban J connectivity index is 1.82. The van der Waals surface area contributed by atoms with Gasteiger partial charge >= 0.3 is 5.97 Å². The molecule has 0 spiro atoms. The number of aliphatic hydroxyl groups is 1. The summed E-state index contributed by atoms with van der Waals surface area (Å²) in [4.78, 5) is 18.6. The number of esters is 1. The van der Waals surface area contributed by atoms with Crippen LogP contribution in [0.3, 0.4) is 0 Å². The quantitative estimate of drug-likeness (QED) is 0.263.